The van der Waals surface area contributed by atoms with E-state index in [1.807, 2.05) is 43.3 Å². The van der Waals surface area contributed by atoms with Gasteiger partial charge in [0.05, 0.1) is 26.6 Å². The molecule has 118 valence electrons. The lowest BCUT2D eigenvalue weighted by atomic mass is 10.3. The maximum absolute atomic E-state index is 11.9. The highest BCUT2D eigenvalue weighted by Crippen LogP contribution is 2.29. The summed E-state index contributed by atoms with van der Waals surface area (Å²) in [6.45, 7) is 3.95. The molecular weight excluding hydrogens is 346 g/mol. The fraction of sp³-hybridized carbons (Fsp3) is 0.188. The number of benzene rings is 1. The minimum atomic E-state index is -0.123. The van der Waals surface area contributed by atoms with Gasteiger partial charge in [-0.2, -0.15) is 5.10 Å². The topological polar surface area (TPSA) is 54.4 Å². The van der Waals surface area contributed by atoms with Gasteiger partial charge in [-0.3, -0.25) is 4.79 Å². The molecule has 0 unspecified atom stereocenters. The van der Waals surface area contributed by atoms with Crippen LogP contribution in [0.2, 0.25) is 0 Å². The molecule has 0 aliphatic rings. The monoisotopic (exact) mass is 361 g/mol. The molecule has 23 heavy (non-hydrogen) atoms. The van der Waals surface area contributed by atoms with E-state index >= 15 is 0 Å². The molecule has 0 aliphatic heterocycles. The number of hydrogen-bond acceptors (Lipinski definition) is 6. The molecule has 4 nitrogen and oxygen atoms in total. The highest BCUT2D eigenvalue weighted by molar-refractivity contribution is 8.01. The summed E-state index contributed by atoms with van der Waals surface area (Å²) in [5, 5.41) is 4.16. The predicted molar refractivity (Wildman–Crippen MR) is 99.8 cm³/mol. The van der Waals surface area contributed by atoms with E-state index in [-0.39, 0.29) is 5.91 Å². The van der Waals surface area contributed by atoms with E-state index in [9.17, 15) is 4.79 Å². The molecule has 0 radical (unpaired) electrons. The SMILES string of the molecule is C/C(=N/NC(=O)CSc1nc2ccccc2s1)c1ccc(C)s1. The van der Waals surface area contributed by atoms with E-state index < -0.39 is 0 Å². The van der Waals surface area contributed by atoms with Crippen LogP contribution in [0.15, 0.2) is 45.8 Å². The van der Waals surface area contributed by atoms with Gasteiger partial charge in [-0.1, -0.05) is 23.9 Å². The Morgan fingerprint density at radius 1 is 1.26 bits per heavy atom. The maximum Gasteiger partial charge on any atom is 0.250 e. The van der Waals surface area contributed by atoms with Gasteiger partial charge in [0, 0.05) is 4.88 Å². The number of nitrogens with zero attached hydrogens (tertiary/aromatic N) is 2. The zero-order chi connectivity index (χ0) is 16.2. The number of thiophene rings is 1. The molecule has 0 aliphatic carbocycles. The van der Waals surface area contributed by atoms with Crippen LogP contribution in [0, 0.1) is 6.92 Å². The lowest BCUT2D eigenvalue weighted by molar-refractivity contribution is -0.118. The van der Waals surface area contributed by atoms with Crippen LogP contribution < -0.4 is 5.43 Å². The smallest absolute Gasteiger partial charge is 0.250 e. The van der Waals surface area contributed by atoms with Gasteiger partial charge < -0.3 is 0 Å². The van der Waals surface area contributed by atoms with Gasteiger partial charge in [0.25, 0.3) is 5.91 Å². The number of fused-ring (bicyclic) bond motifs is 1. The molecule has 2 aromatic heterocycles. The van der Waals surface area contributed by atoms with E-state index in [2.05, 4.69) is 22.4 Å². The number of aryl methyl sites for hydroxylation is 1. The van der Waals surface area contributed by atoms with Gasteiger partial charge in [-0.15, -0.1) is 22.7 Å². The Balaban J connectivity index is 1.55. The van der Waals surface area contributed by atoms with Crippen molar-refractivity contribution in [3.63, 3.8) is 0 Å². The number of hydrazone groups is 1. The minimum Gasteiger partial charge on any atom is -0.272 e. The largest absolute Gasteiger partial charge is 0.272 e. The average Bonchev–Trinajstić information content (AvgIpc) is 3.16. The molecule has 0 saturated heterocycles. The minimum absolute atomic E-state index is 0.123. The summed E-state index contributed by atoms with van der Waals surface area (Å²) in [6.07, 6.45) is 0. The van der Waals surface area contributed by atoms with Gasteiger partial charge in [0.1, 0.15) is 0 Å². The number of thioether (sulfide) groups is 1. The van der Waals surface area contributed by atoms with Crippen LogP contribution in [-0.4, -0.2) is 22.4 Å². The van der Waals surface area contributed by atoms with Crippen molar-refractivity contribution in [1.29, 1.82) is 0 Å². The zero-order valence-electron chi connectivity index (χ0n) is 12.7. The van der Waals surface area contributed by atoms with E-state index in [1.54, 1.807) is 22.7 Å². The number of carbonyl (C=O) groups excluding carboxylic acids is 1. The summed E-state index contributed by atoms with van der Waals surface area (Å²) in [5.41, 5.74) is 4.40. The van der Waals surface area contributed by atoms with Crippen LogP contribution in [0.1, 0.15) is 16.7 Å². The second-order valence-corrected chi connectivity index (χ2v) is 8.42. The second kappa shape index (κ2) is 7.25. The van der Waals surface area contributed by atoms with Crippen LogP contribution in [-0.2, 0) is 4.79 Å². The van der Waals surface area contributed by atoms with E-state index in [1.165, 1.54) is 16.6 Å². The standard InChI is InChI=1S/C16H15N3OS3/c1-10-7-8-13(22-10)11(2)18-19-15(20)9-21-16-17-12-5-3-4-6-14(12)23-16/h3-8H,9H2,1-2H3,(H,19,20)/b18-11-. The summed E-state index contributed by atoms with van der Waals surface area (Å²) < 4.78 is 2.04. The van der Waals surface area contributed by atoms with Crippen LogP contribution in [0.5, 0.6) is 0 Å². The molecule has 0 bridgehead atoms. The molecule has 0 saturated carbocycles. The zero-order valence-corrected chi connectivity index (χ0v) is 15.1. The summed E-state index contributed by atoms with van der Waals surface area (Å²) >= 11 is 4.70. The lowest BCUT2D eigenvalue weighted by Crippen LogP contribution is -2.20. The van der Waals surface area contributed by atoms with Crippen LogP contribution in [0.4, 0.5) is 0 Å². The number of thiazole rings is 1. The fourth-order valence-corrected chi connectivity index (χ4v) is 4.58. The Hall–Kier alpha value is -1.70. The number of carbonyl (C=O) groups is 1. The molecule has 1 N–H and O–H groups in total. The predicted octanol–water partition coefficient (Wildman–Crippen LogP) is 4.30. The van der Waals surface area contributed by atoms with Crippen molar-refractivity contribution in [2.75, 3.05) is 5.75 Å². The normalized spacial score (nSPS) is 11.8. The molecule has 7 heteroatoms. The molecular formula is C16H15N3OS3. The second-order valence-electron chi connectivity index (χ2n) is 4.88. The van der Waals surface area contributed by atoms with E-state index in [4.69, 9.17) is 0 Å². The number of hydrogen-bond donors (Lipinski definition) is 1. The molecule has 3 rings (SSSR count). The Kier molecular flexibility index (Phi) is 5.09. The Bertz CT molecular complexity index is 833. The van der Waals surface area contributed by atoms with Crippen molar-refractivity contribution in [2.24, 2.45) is 5.10 Å². The van der Waals surface area contributed by atoms with Gasteiger partial charge >= 0.3 is 0 Å². The fourth-order valence-electron chi connectivity index (χ4n) is 1.90. The quantitative estimate of drug-likeness (QED) is 0.419. The number of aromatic nitrogens is 1. The highest BCUT2D eigenvalue weighted by atomic mass is 32.2. The maximum atomic E-state index is 11.9. The van der Waals surface area contributed by atoms with E-state index in [0.717, 1.165) is 25.1 Å². The van der Waals surface area contributed by atoms with E-state index in [0.29, 0.717) is 5.75 Å². The summed E-state index contributed by atoms with van der Waals surface area (Å²) in [4.78, 5) is 18.7. The van der Waals surface area contributed by atoms with Crippen molar-refractivity contribution in [1.82, 2.24) is 10.4 Å². The third-order valence-corrected chi connectivity index (χ3v) is 6.34. The van der Waals surface area contributed by atoms with Crippen LogP contribution >= 0.6 is 34.4 Å². The van der Waals surface area contributed by atoms with Crippen LogP contribution in [0.25, 0.3) is 10.2 Å². The molecule has 0 fully saturated rings. The van der Waals surface area contributed by atoms with Crippen molar-refractivity contribution in [3.8, 4) is 0 Å². The first kappa shape index (κ1) is 16.2. The number of rotatable bonds is 5. The molecule has 1 amide bonds. The van der Waals surface area contributed by atoms with Crippen molar-refractivity contribution >= 4 is 56.3 Å². The molecule has 2 heterocycles. The number of nitrogens with one attached hydrogen (secondary N) is 1. The average molecular weight is 362 g/mol. The Morgan fingerprint density at radius 3 is 2.83 bits per heavy atom. The number of amides is 1. The first-order chi connectivity index (χ1) is 11.1. The number of para-hydroxylation sites is 1. The summed E-state index contributed by atoms with van der Waals surface area (Å²) in [7, 11) is 0. The third kappa shape index (κ3) is 4.19. The van der Waals surface area contributed by atoms with Crippen molar-refractivity contribution in [3.05, 3.63) is 46.2 Å². The Morgan fingerprint density at radius 2 is 2.09 bits per heavy atom. The first-order valence-corrected chi connectivity index (χ1v) is 9.62. The van der Waals surface area contributed by atoms with Crippen molar-refractivity contribution < 1.29 is 4.79 Å². The molecule has 0 atom stereocenters. The lowest BCUT2D eigenvalue weighted by Gasteiger charge is -2.00. The first-order valence-electron chi connectivity index (χ1n) is 7.00. The highest BCUT2D eigenvalue weighted by Gasteiger charge is 2.07. The summed E-state index contributed by atoms with van der Waals surface area (Å²) in [5.74, 6) is 0.182. The van der Waals surface area contributed by atoms with Gasteiger partial charge in [0.2, 0.25) is 0 Å². The summed E-state index contributed by atoms with van der Waals surface area (Å²) in [6, 6.07) is 12.0. The van der Waals surface area contributed by atoms with Gasteiger partial charge in [0.15, 0.2) is 4.34 Å². The third-order valence-electron chi connectivity index (χ3n) is 3.05. The van der Waals surface area contributed by atoms with Crippen molar-refractivity contribution in [2.45, 2.75) is 18.2 Å². The molecule has 0 spiro atoms. The van der Waals surface area contributed by atoms with Gasteiger partial charge in [-0.05, 0) is 38.1 Å². The van der Waals surface area contributed by atoms with Gasteiger partial charge in [-0.25, -0.2) is 10.4 Å². The Labute approximate surface area is 146 Å². The molecule has 3 aromatic rings. The van der Waals surface area contributed by atoms with Crippen LogP contribution in [0.3, 0.4) is 0 Å². The molecule has 1 aromatic carbocycles.